The van der Waals surface area contributed by atoms with E-state index in [0.717, 1.165) is 37.4 Å². The van der Waals surface area contributed by atoms with Gasteiger partial charge in [0.1, 0.15) is 0 Å². The molecule has 0 radical (unpaired) electrons. The molecule has 2 aliphatic rings. The maximum atomic E-state index is 13.0. The number of nitrogens with one attached hydrogen (secondary N) is 1. The third kappa shape index (κ3) is 4.95. The molecule has 3 heteroatoms. The van der Waals surface area contributed by atoms with Crippen LogP contribution in [-0.4, -0.2) is 29.9 Å². The molecule has 4 atom stereocenters. The Morgan fingerprint density at radius 3 is 2.40 bits per heavy atom. The first kappa shape index (κ1) is 21.1. The molecule has 1 saturated heterocycles. The summed E-state index contributed by atoms with van der Waals surface area (Å²) < 4.78 is 0. The van der Waals surface area contributed by atoms with Gasteiger partial charge in [0, 0.05) is 25.7 Å². The van der Waals surface area contributed by atoms with Crippen LogP contribution in [0.4, 0.5) is 0 Å². The van der Waals surface area contributed by atoms with E-state index in [1.165, 1.54) is 24.1 Å². The van der Waals surface area contributed by atoms with E-state index in [9.17, 15) is 4.79 Å². The molecule has 1 amide bonds. The lowest BCUT2D eigenvalue weighted by atomic mass is 9.94. The van der Waals surface area contributed by atoms with Crippen LogP contribution in [0.15, 0.2) is 54.6 Å². The summed E-state index contributed by atoms with van der Waals surface area (Å²) in [6, 6.07) is 19.7. The van der Waals surface area contributed by atoms with Crippen LogP contribution in [0.2, 0.25) is 0 Å². The number of nitrogens with zero attached hydrogens (tertiary/aromatic N) is 1. The van der Waals surface area contributed by atoms with Crippen molar-refractivity contribution >= 4 is 5.91 Å². The Kier molecular flexibility index (Phi) is 6.58. The first-order valence-corrected chi connectivity index (χ1v) is 11.6. The van der Waals surface area contributed by atoms with Crippen molar-refractivity contribution in [3.05, 3.63) is 71.3 Å². The van der Waals surface area contributed by atoms with E-state index < -0.39 is 0 Å². The van der Waals surface area contributed by atoms with Gasteiger partial charge in [-0.2, -0.15) is 0 Å². The highest BCUT2D eigenvalue weighted by atomic mass is 16.1. The lowest BCUT2D eigenvalue weighted by Gasteiger charge is -2.23. The van der Waals surface area contributed by atoms with Gasteiger partial charge in [0.05, 0.1) is 5.92 Å². The van der Waals surface area contributed by atoms with Gasteiger partial charge in [0.15, 0.2) is 0 Å². The van der Waals surface area contributed by atoms with Gasteiger partial charge >= 0.3 is 0 Å². The van der Waals surface area contributed by atoms with Crippen LogP contribution in [0.1, 0.15) is 56.2 Å². The molecule has 0 spiro atoms. The maximum Gasteiger partial charge on any atom is 0.227 e. The summed E-state index contributed by atoms with van der Waals surface area (Å²) in [5.74, 6) is 2.06. The quantitative estimate of drug-likeness (QED) is 0.703. The standard InChI is InChI=1S/C27H36N2O/c1-19(2)15-21-9-11-23(12-10-21)20(3)27(30)28-26-14-13-24-17-29(18-25(24)26)16-22-7-5-4-6-8-22/h4-12,19-20,24-26H,13-18H2,1-3H3,(H,28,30)/t20?,24-,25+,26+/m1/s1. The van der Waals surface area contributed by atoms with Crippen LogP contribution < -0.4 is 5.32 Å². The van der Waals surface area contributed by atoms with Crippen molar-refractivity contribution in [3.8, 4) is 0 Å². The molecule has 1 heterocycles. The van der Waals surface area contributed by atoms with Gasteiger partial charge in [0.2, 0.25) is 5.91 Å². The second-order valence-electron chi connectivity index (χ2n) is 9.86. The highest BCUT2D eigenvalue weighted by Gasteiger charge is 2.43. The molecule has 0 bridgehead atoms. The number of likely N-dealkylation sites (tertiary alicyclic amines) is 1. The van der Waals surface area contributed by atoms with Crippen LogP contribution in [0, 0.1) is 17.8 Å². The molecule has 1 aliphatic heterocycles. The molecule has 160 valence electrons. The summed E-state index contributed by atoms with van der Waals surface area (Å²) in [6.45, 7) is 9.80. The maximum absolute atomic E-state index is 13.0. The Morgan fingerprint density at radius 2 is 1.70 bits per heavy atom. The fraction of sp³-hybridized carbons (Fsp3) is 0.519. The molecule has 4 rings (SSSR count). The van der Waals surface area contributed by atoms with Crippen molar-refractivity contribution in [1.82, 2.24) is 10.2 Å². The van der Waals surface area contributed by atoms with Crippen molar-refractivity contribution in [3.63, 3.8) is 0 Å². The molecule has 2 aromatic carbocycles. The summed E-state index contributed by atoms with van der Waals surface area (Å²) in [5.41, 5.74) is 3.85. The van der Waals surface area contributed by atoms with Crippen LogP contribution in [0.3, 0.4) is 0 Å². The molecule has 1 unspecified atom stereocenters. The number of hydrogen-bond donors (Lipinski definition) is 1. The second-order valence-corrected chi connectivity index (χ2v) is 9.86. The number of benzene rings is 2. The van der Waals surface area contributed by atoms with Gasteiger partial charge in [-0.3, -0.25) is 9.69 Å². The number of hydrogen-bond acceptors (Lipinski definition) is 2. The van der Waals surface area contributed by atoms with E-state index in [2.05, 4.69) is 78.7 Å². The van der Waals surface area contributed by atoms with E-state index in [-0.39, 0.29) is 11.8 Å². The highest BCUT2D eigenvalue weighted by molar-refractivity contribution is 5.83. The average molecular weight is 405 g/mol. The zero-order valence-electron chi connectivity index (χ0n) is 18.7. The molecule has 2 fully saturated rings. The Hall–Kier alpha value is -2.13. The van der Waals surface area contributed by atoms with E-state index in [1.54, 1.807) is 0 Å². The Labute approximate surface area is 181 Å². The first-order valence-electron chi connectivity index (χ1n) is 11.6. The molecule has 1 N–H and O–H groups in total. The first-order chi connectivity index (χ1) is 14.5. The summed E-state index contributed by atoms with van der Waals surface area (Å²) >= 11 is 0. The molecule has 2 aromatic rings. The summed E-state index contributed by atoms with van der Waals surface area (Å²) in [4.78, 5) is 15.6. The van der Waals surface area contributed by atoms with Gasteiger partial charge < -0.3 is 5.32 Å². The van der Waals surface area contributed by atoms with Gasteiger partial charge in [-0.15, -0.1) is 0 Å². The lowest BCUT2D eigenvalue weighted by Crippen LogP contribution is -2.41. The molecule has 0 aromatic heterocycles. The van der Waals surface area contributed by atoms with Gasteiger partial charge in [-0.1, -0.05) is 68.4 Å². The molecular weight excluding hydrogens is 368 g/mol. The zero-order valence-corrected chi connectivity index (χ0v) is 18.7. The van der Waals surface area contributed by atoms with E-state index >= 15 is 0 Å². The smallest absolute Gasteiger partial charge is 0.227 e. The molecule has 3 nitrogen and oxygen atoms in total. The van der Waals surface area contributed by atoms with E-state index in [0.29, 0.717) is 17.9 Å². The van der Waals surface area contributed by atoms with E-state index in [4.69, 9.17) is 0 Å². The SMILES string of the molecule is CC(C)Cc1ccc(C(C)C(=O)N[C@H]2CC[C@@H]3CN(Cc4ccccc4)C[C@@H]32)cc1. The predicted octanol–water partition coefficient (Wildman–Crippen LogP) is 5.02. The van der Waals surface area contributed by atoms with Gasteiger partial charge in [-0.25, -0.2) is 0 Å². The summed E-state index contributed by atoms with van der Waals surface area (Å²) in [5, 5.41) is 3.41. The summed E-state index contributed by atoms with van der Waals surface area (Å²) in [7, 11) is 0. The Morgan fingerprint density at radius 1 is 0.967 bits per heavy atom. The Balaban J connectivity index is 1.32. The third-order valence-electron chi connectivity index (χ3n) is 7.03. The molecular formula is C27H36N2O. The molecule has 30 heavy (non-hydrogen) atoms. The second kappa shape index (κ2) is 9.34. The minimum atomic E-state index is -0.0982. The minimum absolute atomic E-state index is 0.0982. The zero-order chi connectivity index (χ0) is 21.1. The van der Waals surface area contributed by atoms with Gasteiger partial charge in [0.25, 0.3) is 0 Å². The van der Waals surface area contributed by atoms with Gasteiger partial charge in [-0.05, 0) is 60.6 Å². The van der Waals surface area contributed by atoms with Crippen LogP contribution in [-0.2, 0) is 17.8 Å². The fourth-order valence-electron chi connectivity index (χ4n) is 5.38. The van der Waals surface area contributed by atoms with E-state index in [1.807, 2.05) is 6.92 Å². The minimum Gasteiger partial charge on any atom is -0.353 e. The number of carbonyl (C=O) groups excluding carboxylic acids is 1. The third-order valence-corrected chi connectivity index (χ3v) is 7.03. The van der Waals surface area contributed by atoms with Crippen LogP contribution in [0.25, 0.3) is 0 Å². The topological polar surface area (TPSA) is 32.3 Å². The molecule has 1 aliphatic carbocycles. The Bertz CT molecular complexity index is 830. The van der Waals surface area contributed by atoms with Crippen molar-refractivity contribution < 1.29 is 4.79 Å². The monoisotopic (exact) mass is 404 g/mol. The molecule has 1 saturated carbocycles. The largest absolute Gasteiger partial charge is 0.353 e. The number of fused-ring (bicyclic) bond motifs is 1. The summed E-state index contributed by atoms with van der Waals surface area (Å²) in [6.07, 6.45) is 3.45. The van der Waals surface area contributed by atoms with Crippen molar-refractivity contribution in [2.75, 3.05) is 13.1 Å². The van der Waals surface area contributed by atoms with Crippen LogP contribution >= 0.6 is 0 Å². The van der Waals surface area contributed by atoms with Crippen LogP contribution in [0.5, 0.6) is 0 Å². The number of rotatable bonds is 7. The lowest BCUT2D eigenvalue weighted by molar-refractivity contribution is -0.123. The number of carbonyl (C=O) groups is 1. The number of amides is 1. The van der Waals surface area contributed by atoms with Crippen molar-refractivity contribution in [1.29, 1.82) is 0 Å². The predicted molar refractivity (Wildman–Crippen MR) is 123 cm³/mol. The average Bonchev–Trinajstić information content (AvgIpc) is 3.29. The van der Waals surface area contributed by atoms with Crippen molar-refractivity contribution in [2.45, 2.75) is 58.5 Å². The normalized spacial score (nSPS) is 24.7. The highest BCUT2D eigenvalue weighted by Crippen LogP contribution is 2.39. The fourth-order valence-corrected chi connectivity index (χ4v) is 5.38. The van der Waals surface area contributed by atoms with Crippen molar-refractivity contribution in [2.24, 2.45) is 17.8 Å².